The van der Waals surface area contributed by atoms with Gasteiger partial charge in [0.2, 0.25) is 0 Å². The molecule has 1 heterocycles. The predicted octanol–water partition coefficient (Wildman–Crippen LogP) is 0.823. The molecule has 0 saturated heterocycles. The highest BCUT2D eigenvalue weighted by molar-refractivity contribution is 5.71. The third kappa shape index (κ3) is 3.82. The first kappa shape index (κ1) is 15.0. The minimum atomic E-state index is -1.03. The molecule has 0 amide bonds. The number of hydrogen-bond acceptors (Lipinski definition) is 5. The Balaban J connectivity index is 2.25. The van der Waals surface area contributed by atoms with Crippen LogP contribution in [0.15, 0.2) is 42.7 Å². The van der Waals surface area contributed by atoms with Crippen LogP contribution in [-0.4, -0.2) is 29.0 Å². The van der Waals surface area contributed by atoms with Crippen LogP contribution in [0, 0.1) is 5.21 Å². The molecular formula is C14H16N2O5. The highest BCUT2D eigenvalue weighted by Crippen LogP contribution is 2.25. The van der Waals surface area contributed by atoms with Gasteiger partial charge >= 0.3 is 5.97 Å². The normalized spacial score (nSPS) is 12.0. The van der Waals surface area contributed by atoms with Crippen molar-refractivity contribution in [2.45, 2.75) is 6.92 Å². The third-order valence-corrected chi connectivity index (χ3v) is 2.74. The molecule has 0 aliphatic rings. The van der Waals surface area contributed by atoms with E-state index in [-0.39, 0.29) is 18.9 Å². The van der Waals surface area contributed by atoms with E-state index >= 15 is 0 Å². The first-order valence-corrected chi connectivity index (χ1v) is 6.41. The number of ether oxygens (including phenoxy) is 2. The summed E-state index contributed by atoms with van der Waals surface area (Å²) in [5.74, 6) is -0.0671. The van der Waals surface area contributed by atoms with Crippen LogP contribution in [0.3, 0.4) is 0 Å². The van der Waals surface area contributed by atoms with Crippen molar-refractivity contribution < 1.29 is 24.7 Å². The molecule has 0 radical (unpaired) electrons. The Kier molecular flexibility index (Phi) is 4.94. The fourth-order valence-corrected chi connectivity index (χ4v) is 1.81. The van der Waals surface area contributed by atoms with Crippen molar-refractivity contribution in [2.75, 3.05) is 13.2 Å². The van der Waals surface area contributed by atoms with Crippen molar-refractivity contribution in [3.05, 3.63) is 47.9 Å². The van der Waals surface area contributed by atoms with Gasteiger partial charge in [0, 0.05) is 24.5 Å². The Morgan fingerprint density at radius 3 is 2.71 bits per heavy atom. The monoisotopic (exact) mass is 292 g/mol. The maximum absolute atomic E-state index is 11.3. The summed E-state index contributed by atoms with van der Waals surface area (Å²) in [5.41, 5.74) is 0.686. The van der Waals surface area contributed by atoms with Crippen molar-refractivity contribution in [1.29, 1.82) is 0 Å². The van der Waals surface area contributed by atoms with Crippen molar-refractivity contribution in [1.82, 2.24) is 4.57 Å². The number of quaternary nitrogens is 1. The third-order valence-electron chi connectivity index (χ3n) is 2.74. The molecule has 1 atom stereocenters. The molecule has 0 bridgehead atoms. The van der Waals surface area contributed by atoms with Gasteiger partial charge in [-0.15, -0.1) is 0 Å². The Hall–Kier alpha value is -2.35. The molecule has 0 aliphatic heterocycles. The van der Waals surface area contributed by atoms with Crippen LogP contribution >= 0.6 is 0 Å². The first-order chi connectivity index (χ1) is 10.1. The average Bonchev–Trinajstić information content (AvgIpc) is 2.99. The number of esters is 1. The second-order valence-electron chi connectivity index (χ2n) is 4.17. The Morgan fingerprint density at radius 1 is 1.38 bits per heavy atom. The fourth-order valence-electron chi connectivity index (χ4n) is 1.81. The lowest BCUT2D eigenvalue weighted by molar-refractivity contribution is -0.991. The molecule has 7 nitrogen and oxygen atoms in total. The van der Waals surface area contributed by atoms with Gasteiger partial charge in [-0.3, -0.25) is 0 Å². The molecular weight excluding hydrogens is 276 g/mol. The van der Waals surface area contributed by atoms with Crippen molar-refractivity contribution in [2.24, 2.45) is 0 Å². The van der Waals surface area contributed by atoms with Gasteiger partial charge in [-0.1, -0.05) is 0 Å². The second-order valence-corrected chi connectivity index (χ2v) is 4.17. The van der Waals surface area contributed by atoms with E-state index in [2.05, 4.69) is 0 Å². The van der Waals surface area contributed by atoms with Crippen LogP contribution in [-0.2, 0) is 9.53 Å². The van der Waals surface area contributed by atoms with Crippen LogP contribution in [0.1, 0.15) is 6.92 Å². The van der Waals surface area contributed by atoms with Gasteiger partial charge in [-0.05, 0) is 25.1 Å². The van der Waals surface area contributed by atoms with Crippen LogP contribution in [0.2, 0.25) is 0 Å². The number of nitrogens with zero attached hydrogens (tertiary/aromatic N) is 1. The van der Waals surface area contributed by atoms with Gasteiger partial charge in [0.05, 0.1) is 12.3 Å². The van der Waals surface area contributed by atoms with Gasteiger partial charge in [-0.2, -0.15) is 5.23 Å². The predicted molar refractivity (Wildman–Crippen MR) is 73.7 cm³/mol. The summed E-state index contributed by atoms with van der Waals surface area (Å²) in [4.78, 5) is 11.3. The second kappa shape index (κ2) is 6.89. The summed E-state index contributed by atoms with van der Waals surface area (Å²) >= 11 is 0. The van der Waals surface area contributed by atoms with Crippen molar-refractivity contribution in [3.8, 4) is 11.4 Å². The summed E-state index contributed by atoms with van der Waals surface area (Å²) in [6.45, 7) is 1.77. The van der Waals surface area contributed by atoms with E-state index < -0.39 is 11.2 Å². The molecule has 2 N–H and O–H groups in total. The molecule has 2 rings (SSSR count). The van der Waals surface area contributed by atoms with Crippen LogP contribution in [0.25, 0.3) is 5.69 Å². The zero-order valence-corrected chi connectivity index (χ0v) is 11.5. The molecule has 0 spiro atoms. The molecule has 0 aliphatic carbocycles. The van der Waals surface area contributed by atoms with Crippen LogP contribution in [0.5, 0.6) is 5.75 Å². The minimum absolute atomic E-state index is 0.141. The van der Waals surface area contributed by atoms with E-state index in [1.807, 2.05) is 12.1 Å². The molecule has 1 aromatic heterocycles. The van der Waals surface area contributed by atoms with Gasteiger partial charge in [0.1, 0.15) is 5.75 Å². The maximum atomic E-state index is 11.3. The number of carbonyl (C=O) groups excluding carboxylic acids is 1. The Morgan fingerprint density at radius 2 is 2.10 bits per heavy atom. The van der Waals surface area contributed by atoms with Crippen molar-refractivity contribution in [3.63, 3.8) is 0 Å². The highest BCUT2D eigenvalue weighted by Gasteiger charge is 2.12. The topological polar surface area (TPSA) is 88.2 Å². The molecule has 1 unspecified atom stereocenters. The SMILES string of the molecule is CCOC(=O)COc1ccc([NH+]([O-])O)cc1-n1cccc1. The Bertz CT molecular complexity index is 595. The number of nitrogens with one attached hydrogen (secondary N) is 1. The largest absolute Gasteiger partial charge is 0.595 e. The van der Waals surface area contributed by atoms with E-state index in [1.165, 1.54) is 18.2 Å². The van der Waals surface area contributed by atoms with Gasteiger partial charge in [0.25, 0.3) is 0 Å². The summed E-state index contributed by atoms with van der Waals surface area (Å²) in [7, 11) is 0. The van der Waals surface area contributed by atoms with E-state index in [1.54, 1.807) is 23.9 Å². The molecule has 1 aromatic carbocycles. The lowest BCUT2D eigenvalue weighted by Crippen LogP contribution is -2.99. The van der Waals surface area contributed by atoms with Crippen LogP contribution in [0.4, 0.5) is 5.69 Å². The van der Waals surface area contributed by atoms with Crippen molar-refractivity contribution >= 4 is 11.7 Å². The molecule has 7 heteroatoms. The molecule has 112 valence electrons. The standard InChI is InChI=1S/C14H16N2O5/c1-2-20-14(17)10-21-13-6-5-11(16(18)19)9-12(13)15-7-3-4-8-15/h3-9,16,18H,2,10H2,1H3. The number of rotatable bonds is 6. The first-order valence-electron chi connectivity index (χ1n) is 6.41. The van der Waals surface area contributed by atoms with Crippen LogP contribution < -0.4 is 9.96 Å². The summed E-state index contributed by atoms with van der Waals surface area (Å²) in [5, 5.41) is 19.1. The number of benzene rings is 1. The summed E-state index contributed by atoms with van der Waals surface area (Å²) in [6.07, 6.45) is 3.52. The minimum Gasteiger partial charge on any atom is -0.595 e. The maximum Gasteiger partial charge on any atom is 0.344 e. The lowest BCUT2D eigenvalue weighted by Gasteiger charge is -2.16. The number of carbonyl (C=O) groups is 1. The summed E-state index contributed by atoms with van der Waals surface area (Å²) < 4.78 is 11.9. The van der Waals surface area contributed by atoms with E-state index in [4.69, 9.17) is 14.7 Å². The average molecular weight is 292 g/mol. The fraction of sp³-hybridized carbons (Fsp3) is 0.214. The highest BCUT2D eigenvalue weighted by atomic mass is 16.8. The van der Waals surface area contributed by atoms with Gasteiger partial charge < -0.3 is 19.2 Å². The quantitative estimate of drug-likeness (QED) is 0.608. The van der Waals surface area contributed by atoms with E-state index in [0.717, 1.165) is 0 Å². The van der Waals surface area contributed by atoms with Gasteiger partial charge in [0.15, 0.2) is 12.3 Å². The molecule has 21 heavy (non-hydrogen) atoms. The zero-order valence-electron chi connectivity index (χ0n) is 11.5. The summed E-state index contributed by atoms with van der Waals surface area (Å²) in [6, 6.07) is 8.06. The van der Waals surface area contributed by atoms with E-state index in [0.29, 0.717) is 11.4 Å². The number of hydrogen-bond donors (Lipinski definition) is 2. The van der Waals surface area contributed by atoms with E-state index in [9.17, 15) is 10.0 Å². The van der Waals surface area contributed by atoms with Gasteiger partial charge in [-0.25, -0.2) is 10.0 Å². The molecule has 2 aromatic rings. The lowest BCUT2D eigenvalue weighted by atomic mass is 10.2. The number of aromatic nitrogens is 1. The smallest absolute Gasteiger partial charge is 0.344 e. The molecule has 0 fully saturated rings. The molecule has 0 saturated carbocycles. The Labute approximate surface area is 121 Å². The zero-order chi connectivity index (χ0) is 15.2.